The summed E-state index contributed by atoms with van der Waals surface area (Å²) in [6.45, 7) is 6.18. The van der Waals surface area contributed by atoms with E-state index in [1.807, 2.05) is 72.9 Å². The van der Waals surface area contributed by atoms with E-state index in [-0.39, 0.29) is 50.4 Å². The van der Waals surface area contributed by atoms with Crippen LogP contribution in [0, 0.1) is 0 Å². The van der Waals surface area contributed by atoms with E-state index in [1.54, 1.807) is 0 Å². The third kappa shape index (κ3) is 55.2. The van der Waals surface area contributed by atoms with Crippen molar-refractivity contribution in [1.29, 1.82) is 0 Å². The Morgan fingerprint density at radius 3 is 1.08 bits per heavy atom. The standard InChI is InChI=1S/C66H96O6/c1-4-7-10-13-16-19-22-25-28-31-33-36-38-41-44-47-50-53-56-59-65(68)71-62-63(61-70-64(67)58-55-52-49-46-43-40-37-34-30-27-24-21-18-15-12-9-6-3)72-66(69)60-57-54-51-48-45-42-39-35-32-29-26-23-20-17-14-11-8-5-2/h7,9-10,12,15-21,23-30,32-37,39-41,43-44,50,53,63H,4-6,8,11,13-14,22,31,38,42,45-49,51-52,54-62H2,1-3H3/b10-7-,12-9-,18-15-,19-16-,20-17-,24-21-,26-23-,28-25-,30-27-,32-29-,36-33-,37-34+,39-35-,43-40-,44-41-,53-50-. The van der Waals surface area contributed by atoms with Crippen LogP contribution in [0.15, 0.2) is 194 Å². The van der Waals surface area contributed by atoms with Gasteiger partial charge in [-0.25, -0.2) is 0 Å². The SMILES string of the molecule is CC\C=C/C=C\C=C/C=C\C=C\C=C/CCCCCC(=O)OCC(COC(=O)CC/C=C\C/C=C\C/C=C\C/C=C\C/C=C\C/C=C\CC)OC(=O)CCCCCCC\C=C/C=C\C=C/C=C\CCCCC. The first-order chi connectivity index (χ1) is 35.5. The molecule has 0 radical (unpaired) electrons. The maximum Gasteiger partial charge on any atom is 0.306 e. The second kappa shape index (κ2) is 57.8. The first-order valence-corrected chi connectivity index (χ1v) is 27.6. The van der Waals surface area contributed by atoms with Crippen molar-refractivity contribution in [2.45, 2.75) is 187 Å². The Bertz CT molecular complexity index is 1800. The van der Waals surface area contributed by atoms with Gasteiger partial charge < -0.3 is 14.2 Å². The number of unbranched alkanes of at least 4 members (excludes halogenated alkanes) is 11. The molecule has 0 spiro atoms. The van der Waals surface area contributed by atoms with Gasteiger partial charge in [-0.1, -0.05) is 254 Å². The Kier molecular flexibility index (Phi) is 53.2. The van der Waals surface area contributed by atoms with Crippen molar-refractivity contribution in [1.82, 2.24) is 0 Å². The molecule has 72 heavy (non-hydrogen) atoms. The Morgan fingerprint density at radius 2 is 0.639 bits per heavy atom. The van der Waals surface area contributed by atoms with Crippen molar-refractivity contribution >= 4 is 17.9 Å². The number of hydrogen-bond donors (Lipinski definition) is 0. The van der Waals surface area contributed by atoms with Crippen molar-refractivity contribution in [2.75, 3.05) is 13.2 Å². The van der Waals surface area contributed by atoms with E-state index in [0.717, 1.165) is 103 Å². The molecule has 0 fully saturated rings. The third-order valence-electron chi connectivity index (χ3n) is 10.6. The molecule has 0 aromatic heterocycles. The lowest BCUT2D eigenvalue weighted by Crippen LogP contribution is -2.30. The van der Waals surface area contributed by atoms with Crippen LogP contribution in [-0.2, 0) is 28.6 Å². The number of esters is 3. The first kappa shape index (κ1) is 66.2. The van der Waals surface area contributed by atoms with Crippen LogP contribution < -0.4 is 0 Å². The van der Waals surface area contributed by atoms with Gasteiger partial charge in [-0.15, -0.1) is 0 Å². The van der Waals surface area contributed by atoms with Crippen molar-refractivity contribution in [3.8, 4) is 0 Å². The van der Waals surface area contributed by atoms with Crippen LogP contribution in [0.5, 0.6) is 0 Å². The lowest BCUT2D eigenvalue weighted by Gasteiger charge is -2.18. The van der Waals surface area contributed by atoms with Crippen LogP contribution in [0.1, 0.15) is 181 Å². The predicted molar refractivity (Wildman–Crippen MR) is 310 cm³/mol. The average Bonchev–Trinajstić information content (AvgIpc) is 3.38. The molecule has 0 amide bonds. The highest BCUT2D eigenvalue weighted by atomic mass is 16.6. The van der Waals surface area contributed by atoms with Gasteiger partial charge in [-0.3, -0.25) is 14.4 Å². The number of carbonyl (C=O) groups excluding carboxylic acids is 3. The summed E-state index contributed by atoms with van der Waals surface area (Å²) in [5, 5.41) is 0. The number of allylic oxidation sites excluding steroid dienone is 32. The Hall–Kier alpha value is -5.75. The molecule has 0 aromatic rings. The Balaban J connectivity index is 4.70. The van der Waals surface area contributed by atoms with Gasteiger partial charge in [0.1, 0.15) is 13.2 Å². The van der Waals surface area contributed by atoms with Crippen LogP contribution >= 0.6 is 0 Å². The molecule has 6 nitrogen and oxygen atoms in total. The fraction of sp³-hybridized carbons (Fsp3) is 0.470. The van der Waals surface area contributed by atoms with E-state index in [1.165, 1.54) is 19.3 Å². The molecular formula is C66H96O6. The topological polar surface area (TPSA) is 78.9 Å². The van der Waals surface area contributed by atoms with Gasteiger partial charge in [0.05, 0.1) is 0 Å². The summed E-state index contributed by atoms with van der Waals surface area (Å²) < 4.78 is 16.7. The molecule has 0 bridgehead atoms. The number of hydrogen-bond acceptors (Lipinski definition) is 6. The summed E-state index contributed by atoms with van der Waals surface area (Å²) in [5.41, 5.74) is 0. The predicted octanol–water partition coefficient (Wildman–Crippen LogP) is 18.7. The molecule has 0 N–H and O–H groups in total. The molecule has 1 atom stereocenters. The summed E-state index contributed by atoms with van der Waals surface area (Å²) in [6.07, 6.45) is 88.4. The van der Waals surface area contributed by atoms with Gasteiger partial charge in [0.15, 0.2) is 6.10 Å². The summed E-state index contributed by atoms with van der Waals surface area (Å²) >= 11 is 0. The number of carbonyl (C=O) groups is 3. The fourth-order valence-electron chi connectivity index (χ4n) is 6.51. The third-order valence-corrected chi connectivity index (χ3v) is 10.6. The molecular weight excluding hydrogens is 889 g/mol. The zero-order chi connectivity index (χ0) is 52.2. The molecule has 396 valence electrons. The van der Waals surface area contributed by atoms with Gasteiger partial charge >= 0.3 is 17.9 Å². The van der Waals surface area contributed by atoms with Crippen LogP contribution in [0.4, 0.5) is 0 Å². The summed E-state index contributed by atoms with van der Waals surface area (Å²) in [4.78, 5) is 38.1. The van der Waals surface area contributed by atoms with Gasteiger partial charge in [0.25, 0.3) is 0 Å². The van der Waals surface area contributed by atoms with Crippen LogP contribution in [0.2, 0.25) is 0 Å². The zero-order valence-corrected chi connectivity index (χ0v) is 45.1. The van der Waals surface area contributed by atoms with Crippen LogP contribution in [0.25, 0.3) is 0 Å². The van der Waals surface area contributed by atoms with Gasteiger partial charge in [-0.05, 0) is 103 Å². The van der Waals surface area contributed by atoms with Gasteiger partial charge in [0.2, 0.25) is 0 Å². The zero-order valence-electron chi connectivity index (χ0n) is 45.1. The maximum atomic E-state index is 12.8. The van der Waals surface area contributed by atoms with Gasteiger partial charge in [0, 0.05) is 19.3 Å². The largest absolute Gasteiger partial charge is 0.462 e. The smallest absolute Gasteiger partial charge is 0.306 e. The summed E-state index contributed by atoms with van der Waals surface area (Å²) in [6, 6.07) is 0. The molecule has 0 heterocycles. The highest BCUT2D eigenvalue weighted by Gasteiger charge is 2.19. The van der Waals surface area contributed by atoms with E-state index in [9.17, 15) is 14.4 Å². The maximum absolute atomic E-state index is 12.8. The highest BCUT2D eigenvalue weighted by molar-refractivity contribution is 5.71. The van der Waals surface area contributed by atoms with Crippen molar-refractivity contribution in [3.63, 3.8) is 0 Å². The average molecular weight is 985 g/mol. The van der Waals surface area contributed by atoms with Crippen molar-refractivity contribution < 1.29 is 28.6 Å². The van der Waals surface area contributed by atoms with E-state index < -0.39 is 6.10 Å². The van der Waals surface area contributed by atoms with E-state index in [4.69, 9.17) is 14.2 Å². The minimum Gasteiger partial charge on any atom is -0.462 e. The quantitative estimate of drug-likeness (QED) is 0.0199. The normalized spacial score (nSPS) is 13.7. The van der Waals surface area contributed by atoms with Crippen molar-refractivity contribution in [3.05, 3.63) is 194 Å². The molecule has 0 aromatic carbocycles. The van der Waals surface area contributed by atoms with E-state index >= 15 is 0 Å². The first-order valence-electron chi connectivity index (χ1n) is 27.6. The summed E-state index contributed by atoms with van der Waals surface area (Å²) in [5.74, 6) is -1.11. The second-order valence-electron chi connectivity index (χ2n) is 17.3. The van der Waals surface area contributed by atoms with Crippen LogP contribution in [-0.4, -0.2) is 37.2 Å². The molecule has 0 saturated carbocycles. The second-order valence-corrected chi connectivity index (χ2v) is 17.3. The molecule has 0 rings (SSSR count). The van der Waals surface area contributed by atoms with E-state index in [2.05, 4.69) is 142 Å². The lowest BCUT2D eigenvalue weighted by atomic mass is 10.1. The molecule has 6 heteroatoms. The Morgan fingerprint density at radius 1 is 0.306 bits per heavy atom. The van der Waals surface area contributed by atoms with Crippen LogP contribution in [0.3, 0.4) is 0 Å². The minimum absolute atomic E-state index is 0.146. The molecule has 1 unspecified atom stereocenters. The molecule has 0 saturated heterocycles. The lowest BCUT2D eigenvalue weighted by molar-refractivity contribution is -0.166. The molecule has 0 aliphatic heterocycles. The van der Waals surface area contributed by atoms with Gasteiger partial charge in [-0.2, -0.15) is 0 Å². The number of ether oxygens (including phenoxy) is 3. The Labute approximate surface area is 439 Å². The van der Waals surface area contributed by atoms with Crippen molar-refractivity contribution in [2.24, 2.45) is 0 Å². The monoisotopic (exact) mass is 985 g/mol. The fourth-order valence-corrected chi connectivity index (χ4v) is 6.51. The number of rotatable bonds is 46. The minimum atomic E-state index is -0.853. The highest BCUT2D eigenvalue weighted by Crippen LogP contribution is 2.11. The molecule has 0 aliphatic carbocycles. The summed E-state index contributed by atoms with van der Waals surface area (Å²) in [7, 11) is 0. The van der Waals surface area contributed by atoms with E-state index in [0.29, 0.717) is 19.3 Å². The molecule has 0 aliphatic rings.